The van der Waals surface area contributed by atoms with Crippen molar-refractivity contribution in [2.75, 3.05) is 11.5 Å². The first-order valence-corrected chi connectivity index (χ1v) is 11.5. The van der Waals surface area contributed by atoms with E-state index in [1.54, 1.807) is 0 Å². The van der Waals surface area contributed by atoms with Crippen LogP contribution in [0.2, 0.25) is 0 Å². The van der Waals surface area contributed by atoms with Gasteiger partial charge in [-0.1, -0.05) is 23.1 Å². The van der Waals surface area contributed by atoms with E-state index >= 15 is 0 Å². The van der Waals surface area contributed by atoms with E-state index in [9.17, 15) is 19.5 Å². The number of carbonyl (C=O) groups is 3. The number of thiophene rings is 1. The first-order valence-electron chi connectivity index (χ1n) is 7.92. The van der Waals surface area contributed by atoms with Crippen molar-refractivity contribution in [3.05, 3.63) is 33.0 Å². The van der Waals surface area contributed by atoms with Gasteiger partial charge in [-0.3, -0.25) is 14.5 Å². The Morgan fingerprint density at radius 3 is 2.89 bits per heavy atom. The fourth-order valence-electron chi connectivity index (χ4n) is 2.84. The maximum atomic E-state index is 12.6. The van der Waals surface area contributed by atoms with Crippen molar-refractivity contribution < 1.29 is 19.5 Å². The summed E-state index contributed by atoms with van der Waals surface area (Å²) in [7, 11) is 0. The van der Waals surface area contributed by atoms with Crippen LogP contribution in [0.1, 0.15) is 5.56 Å². The predicted octanol–water partition coefficient (Wildman–Crippen LogP) is 1.21. The highest BCUT2D eigenvalue weighted by atomic mass is 32.2. The lowest BCUT2D eigenvalue weighted by Crippen LogP contribution is -2.70. The van der Waals surface area contributed by atoms with Gasteiger partial charge < -0.3 is 16.2 Å². The maximum absolute atomic E-state index is 12.6. The zero-order chi connectivity index (χ0) is 19.8. The number of thioether (sulfide) groups is 2. The van der Waals surface area contributed by atoms with Crippen molar-refractivity contribution in [3.8, 4) is 0 Å². The Hall–Kier alpha value is -2.09. The molecule has 9 nitrogen and oxygen atoms in total. The third-order valence-corrected chi connectivity index (χ3v) is 8.11. The highest BCUT2D eigenvalue weighted by molar-refractivity contribution is 8.07. The minimum atomic E-state index is -1.19. The van der Waals surface area contributed by atoms with Gasteiger partial charge in [-0.25, -0.2) is 4.79 Å². The zero-order valence-electron chi connectivity index (χ0n) is 14.0. The molecule has 1 fully saturated rings. The van der Waals surface area contributed by atoms with Gasteiger partial charge in [0.05, 0.1) is 6.42 Å². The molecular weight excluding hydrogens is 442 g/mol. The summed E-state index contributed by atoms with van der Waals surface area (Å²) in [5.74, 6) is -1.50. The zero-order valence-corrected chi connectivity index (χ0v) is 17.3. The smallest absolute Gasteiger partial charge is 0.353 e. The van der Waals surface area contributed by atoms with E-state index in [1.807, 2.05) is 16.8 Å². The maximum Gasteiger partial charge on any atom is 0.353 e. The van der Waals surface area contributed by atoms with Crippen LogP contribution in [0.25, 0.3) is 0 Å². The van der Waals surface area contributed by atoms with Crippen LogP contribution in [0.4, 0.5) is 5.13 Å². The molecule has 0 bridgehead atoms. The van der Waals surface area contributed by atoms with Crippen molar-refractivity contribution in [2.45, 2.75) is 22.2 Å². The first-order chi connectivity index (χ1) is 13.4. The molecule has 146 valence electrons. The lowest BCUT2D eigenvalue weighted by molar-refractivity contribution is -0.150. The second kappa shape index (κ2) is 7.73. The molecule has 13 heteroatoms. The van der Waals surface area contributed by atoms with Gasteiger partial charge in [0.25, 0.3) is 5.91 Å². The number of hydrogen-bond acceptors (Lipinski definition) is 10. The molecule has 0 aliphatic carbocycles. The largest absolute Gasteiger partial charge is 0.477 e. The van der Waals surface area contributed by atoms with E-state index in [0.29, 0.717) is 15.0 Å². The van der Waals surface area contributed by atoms with Crippen LogP contribution in [0, 0.1) is 0 Å². The lowest BCUT2D eigenvalue weighted by atomic mass is 10.0. The molecule has 0 aromatic carbocycles. The van der Waals surface area contributed by atoms with Crippen molar-refractivity contribution in [1.82, 2.24) is 20.4 Å². The first kappa shape index (κ1) is 19.2. The Balaban J connectivity index is 1.49. The number of aliphatic carboxylic acids is 1. The molecule has 28 heavy (non-hydrogen) atoms. The number of nitrogen functional groups attached to an aromatic ring is 1. The summed E-state index contributed by atoms with van der Waals surface area (Å²) in [5, 5.41) is 23.6. The van der Waals surface area contributed by atoms with Gasteiger partial charge in [0.1, 0.15) is 17.1 Å². The van der Waals surface area contributed by atoms with Gasteiger partial charge in [-0.05, 0) is 22.4 Å². The molecule has 0 radical (unpaired) electrons. The summed E-state index contributed by atoms with van der Waals surface area (Å²) < 4.78 is 0.513. The monoisotopic (exact) mass is 455 g/mol. The van der Waals surface area contributed by atoms with E-state index in [0.717, 1.165) is 28.7 Å². The minimum absolute atomic E-state index is 0.0733. The molecule has 4 N–H and O–H groups in total. The van der Waals surface area contributed by atoms with E-state index in [4.69, 9.17) is 5.73 Å². The fraction of sp³-hybridized carbons (Fsp3) is 0.267. The number of hydrogen-bond donors (Lipinski definition) is 3. The summed E-state index contributed by atoms with van der Waals surface area (Å²) in [4.78, 5) is 38.4. The molecule has 0 saturated carbocycles. The normalized spacial score (nSPS) is 21.3. The average molecular weight is 456 g/mol. The number of amides is 2. The number of rotatable bonds is 6. The summed E-state index contributed by atoms with van der Waals surface area (Å²) in [6.07, 6.45) is 0.186. The molecule has 2 aromatic rings. The lowest BCUT2D eigenvalue weighted by Gasteiger charge is -2.49. The number of nitrogens with zero attached hydrogens (tertiary/aromatic N) is 3. The van der Waals surface area contributed by atoms with E-state index < -0.39 is 23.3 Å². The van der Waals surface area contributed by atoms with E-state index in [2.05, 4.69) is 15.5 Å². The van der Waals surface area contributed by atoms with Crippen LogP contribution in [-0.2, 0) is 20.8 Å². The van der Waals surface area contributed by atoms with Gasteiger partial charge in [0.15, 0.2) is 4.34 Å². The summed E-state index contributed by atoms with van der Waals surface area (Å²) in [5.41, 5.74) is 6.37. The minimum Gasteiger partial charge on any atom is -0.477 e. The van der Waals surface area contributed by atoms with Gasteiger partial charge in [-0.2, -0.15) is 11.3 Å². The molecule has 2 aliphatic rings. The average Bonchev–Trinajstić information content (AvgIpc) is 3.30. The summed E-state index contributed by atoms with van der Waals surface area (Å²) in [6, 6.07) is 1.12. The number of nitrogens with two attached hydrogens (primary N) is 1. The Kier molecular flexibility index (Phi) is 5.31. The molecular formula is C15H13N5O4S4. The number of carbonyl (C=O) groups excluding carboxylic acids is 2. The standard InChI is InChI=1S/C15H13N5O4S4/c16-14-18-19-15(28-14)27-7-5-26-12-9(11(22)20(12)10(7)13(23)24)17-8(21)3-6-1-2-25-4-6/h1-2,4,9,12H,3,5H2,(H2,16,18)(H,17,21)(H,23,24)/t9?,12-/m0/s1. The van der Waals surface area contributed by atoms with Crippen LogP contribution in [-0.4, -0.2) is 55.2 Å². The molecule has 4 rings (SSSR count). The highest BCUT2D eigenvalue weighted by Crippen LogP contribution is 2.45. The summed E-state index contributed by atoms with van der Waals surface area (Å²) >= 11 is 5.19. The summed E-state index contributed by atoms with van der Waals surface area (Å²) in [6.45, 7) is 0. The van der Waals surface area contributed by atoms with Crippen molar-refractivity contribution >= 4 is 69.1 Å². The SMILES string of the molecule is Nc1nnc(SC2=C(C(=O)O)N3C(=O)C(NC(=O)Cc4ccsc4)[C@@H]3SC2)s1. The number of nitrogens with one attached hydrogen (secondary N) is 1. The predicted molar refractivity (Wildman–Crippen MR) is 108 cm³/mol. The number of fused-ring (bicyclic) bond motifs is 1. The Morgan fingerprint density at radius 2 is 2.25 bits per heavy atom. The third-order valence-electron chi connectivity index (χ3n) is 4.03. The topological polar surface area (TPSA) is 139 Å². The highest BCUT2D eigenvalue weighted by Gasteiger charge is 2.54. The number of aromatic nitrogens is 2. The molecule has 2 amide bonds. The number of carboxylic acids is 1. The molecule has 0 spiro atoms. The van der Waals surface area contributed by atoms with Crippen molar-refractivity contribution in [1.29, 1.82) is 0 Å². The van der Waals surface area contributed by atoms with Crippen LogP contribution >= 0.6 is 46.2 Å². The molecule has 4 heterocycles. The molecule has 1 unspecified atom stereocenters. The van der Waals surface area contributed by atoms with Crippen LogP contribution in [0.15, 0.2) is 31.8 Å². The quantitative estimate of drug-likeness (QED) is 0.549. The number of β-lactam (4-membered cyclic amide) rings is 1. The Bertz CT molecular complexity index is 973. The molecule has 1 saturated heterocycles. The Morgan fingerprint density at radius 1 is 1.43 bits per heavy atom. The van der Waals surface area contributed by atoms with Crippen LogP contribution < -0.4 is 11.1 Å². The van der Waals surface area contributed by atoms with Gasteiger partial charge in [0.2, 0.25) is 11.0 Å². The molecule has 2 aliphatic heterocycles. The van der Waals surface area contributed by atoms with Gasteiger partial charge in [0, 0.05) is 10.7 Å². The van der Waals surface area contributed by atoms with Crippen LogP contribution in [0.5, 0.6) is 0 Å². The Labute approximate surface area is 175 Å². The van der Waals surface area contributed by atoms with Crippen LogP contribution in [0.3, 0.4) is 0 Å². The second-order valence-electron chi connectivity index (χ2n) is 5.85. The van der Waals surface area contributed by atoms with Crippen molar-refractivity contribution in [2.24, 2.45) is 0 Å². The number of anilines is 1. The van der Waals surface area contributed by atoms with Gasteiger partial charge >= 0.3 is 5.97 Å². The van der Waals surface area contributed by atoms with E-state index in [1.165, 1.54) is 28.0 Å². The van der Waals surface area contributed by atoms with E-state index in [-0.39, 0.29) is 23.2 Å². The molecule has 2 aromatic heterocycles. The van der Waals surface area contributed by atoms with Crippen molar-refractivity contribution in [3.63, 3.8) is 0 Å². The van der Waals surface area contributed by atoms with Gasteiger partial charge in [-0.15, -0.1) is 22.0 Å². The third kappa shape index (κ3) is 3.62. The fourth-order valence-corrected chi connectivity index (χ4v) is 6.78. The second-order valence-corrected chi connectivity index (χ2v) is 10.1. The number of carboxylic acid groups (broad SMARTS) is 1. The molecule has 2 atom stereocenters.